The molecule has 2 aromatic carbocycles. The summed E-state index contributed by atoms with van der Waals surface area (Å²) in [4.78, 5) is 11.8. The van der Waals surface area contributed by atoms with Crippen LogP contribution in [0.3, 0.4) is 0 Å². The van der Waals surface area contributed by atoms with Gasteiger partial charge < -0.3 is 9.15 Å². The number of hydrogen-bond acceptors (Lipinski definition) is 4. The Morgan fingerprint density at radius 2 is 1.93 bits per heavy atom. The number of carbonyl (C=O) groups is 1. The van der Waals surface area contributed by atoms with Crippen LogP contribution in [0.15, 0.2) is 70.2 Å². The Morgan fingerprint density at radius 1 is 1.14 bits per heavy atom. The first kappa shape index (κ1) is 20.2. The second-order valence-corrected chi connectivity index (χ2v) is 6.13. The Hall–Kier alpha value is -3.55. The van der Waals surface area contributed by atoms with E-state index in [0.29, 0.717) is 5.75 Å². The highest BCUT2D eigenvalue weighted by Gasteiger charge is 2.30. The molecule has 1 amide bonds. The van der Waals surface area contributed by atoms with E-state index < -0.39 is 17.6 Å². The Labute approximate surface area is 164 Å². The summed E-state index contributed by atoms with van der Waals surface area (Å²) >= 11 is 0. The van der Waals surface area contributed by atoms with Crippen LogP contribution in [0.25, 0.3) is 11.3 Å². The number of carbonyl (C=O) groups excluding carboxylic acids is 1. The first-order valence-electron chi connectivity index (χ1n) is 8.61. The van der Waals surface area contributed by atoms with E-state index >= 15 is 0 Å². The Kier molecular flexibility index (Phi) is 6.01. The van der Waals surface area contributed by atoms with Crippen molar-refractivity contribution in [1.82, 2.24) is 5.43 Å². The van der Waals surface area contributed by atoms with Crippen molar-refractivity contribution in [2.45, 2.75) is 13.1 Å². The zero-order valence-corrected chi connectivity index (χ0v) is 15.4. The van der Waals surface area contributed by atoms with Crippen LogP contribution in [0, 0.1) is 6.92 Å². The second kappa shape index (κ2) is 8.64. The zero-order chi connectivity index (χ0) is 20.9. The minimum absolute atomic E-state index is 0.212. The first-order valence-corrected chi connectivity index (χ1v) is 8.61. The molecule has 0 spiro atoms. The normalized spacial score (nSPS) is 11.6. The van der Waals surface area contributed by atoms with Crippen LogP contribution in [-0.4, -0.2) is 18.7 Å². The third-order valence-corrected chi connectivity index (χ3v) is 3.93. The van der Waals surface area contributed by atoms with Gasteiger partial charge in [-0.3, -0.25) is 4.79 Å². The fourth-order valence-electron chi connectivity index (χ4n) is 2.49. The number of furan rings is 1. The van der Waals surface area contributed by atoms with E-state index in [1.165, 1.54) is 30.5 Å². The highest BCUT2D eigenvalue weighted by molar-refractivity contribution is 5.81. The fourth-order valence-corrected chi connectivity index (χ4v) is 2.49. The van der Waals surface area contributed by atoms with Gasteiger partial charge in [-0.05, 0) is 42.8 Å². The average molecular weight is 402 g/mol. The van der Waals surface area contributed by atoms with Gasteiger partial charge in [0, 0.05) is 5.56 Å². The summed E-state index contributed by atoms with van der Waals surface area (Å²) in [7, 11) is 0. The van der Waals surface area contributed by atoms with Gasteiger partial charge in [0.25, 0.3) is 5.91 Å². The number of benzene rings is 2. The molecule has 1 heterocycles. The number of hydrazone groups is 1. The SMILES string of the molecule is Cc1ccccc1OCC(=O)NN=Cc1ccc(-c2cccc(C(F)(F)F)c2)o1. The molecule has 8 heteroatoms. The average Bonchev–Trinajstić information content (AvgIpc) is 3.16. The van der Waals surface area contributed by atoms with Gasteiger partial charge in [-0.15, -0.1) is 0 Å². The lowest BCUT2D eigenvalue weighted by atomic mass is 10.1. The quantitative estimate of drug-likeness (QED) is 0.476. The molecule has 1 N–H and O–H groups in total. The van der Waals surface area contributed by atoms with E-state index in [1.807, 2.05) is 19.1 Å². The number of amides is 1. The molecular weight excluding hydrogens is 385 g/mol. The molecule has 0 bridgehead atoms. The number of hydrogen-bond donors (Lipinski definition) is 1. The molecule has 3 rings (SSSR count). The molecule has 0 aliphatic heterocycles. The van der Waals surface area contributed by atoms with Gasteiger partial charge >= 0.3 is 6.18 Å². The standard InChI is InChI=1S/C21H17F3N2O3/c1-14-5-2-3-8-18(14)28-13-20(27)26-25-12-17-9-10-19(29-17)15-6-4-7-16(11-15)21(22,23)24/h2-12H,13H2,1H3,(H,26,27). The van der Waals surface area contributed by atoms with Crippen LogP contribution < -0.4 is 10.2 Å². The van der Waals surface area contributed by atoms with Crippen molar-refractivity contribution in [3.05, 3.63) is 77.6 Å². The largest absolute Gasteiger partial charge is 0.483 e. The summed E-state index contributed by atoms with van der Waals surface area (Å²) < 4.78 is 49.3. The van der Waals surface area contributed by atoms with E-state index in [1.54, 1.807) is 12.1 Å². The Balaban J connectivity index is 1.57. The van der Waals surface area contributed by atoms with E-state index in [9.17, 15) is 18.0 Å². The van der Waals surface area contributed by atoms with Gasteiger partial charge in [0.1, 0.15) is 17.3 Å². The maximum Gasteiger partial charge on any atom is 0.416 e. The van der Waals surface area contributed by atoms with E-state index in [2.05, 4.69) is 10.5 Å². The van der Waals surface area contributed by atoms with Gasteiger partial charge in [-0.2, -0.15) is 18.3 Å². The van der Waals surface area contributed by atoms with Gasteiger partial charge in [-0.25, -0.2) is 5.43 Å². The molecule has 0 atom stereocenters. The van der Waals surface area contributed by atoms with Crippen molar-refractivity contribution in [3.8, 4) is 17.1 Å². The fraction of sp³-hybridized carbons (Fsp3) is 0.143. The molecule has 0 unspecified atom stereocenters. The highest BCUT2D eigenvalue weighted by Crippen LogP contribution is 2.32. The molecule has 3 aromatic rings. The minimum atomic E-state index is -4.43. The van der Waals surface area contributed by atoms with Gasteiger partial charge in [0.15, 0.2) is 6.61 Å². The number of nitrogens with one attached hydrogen (secondary N) is 1. The molecule has 5 nitrogen and oxygen atoms in total. The summed E-state index contributed by atoms with van der Waals surface area (Å²) in [6, 6.07) is 15.2. The third kappa shape index (κ3) is 5.47. The minimum Gasteiger partial charge on any atom is -0.483 e. The molecule has 0 aliphatic rings. The monoisotopic (exact) mass is 402 g/mol. The number of alkyl halides is 3. The molecule has 0 fully saturated rings. The van der Waals surface area contributed by atoms with Gasteiger partial charge in [0.05, 0.1) is 11.8 Å². The summed E-state index contributed by atoms with van der Waals surface area (Å²) in [5.41, 5.74) is 2.73. The maximum absolute atomic E-state index is 12.8. The van der Waals surface area contributed by atoms with Crippen molar-refractivity contribution in [3.63, 3.8) is 0 Å². The molecule has 0 aliphatic carbocycles. The Bertz CT molecular complexity index is 1030. The number of halogens is 3. The topological polar surface area (TPSA) is 63.8 Å². The van der Waals surface area contributed by atoms with E-state index in [4.69, 9.17) is 9.15 Å². The Morgan fingerprint density at radius 3 is 2.69 bits per heavy atom. The van der Waals surface area contributed by atoms with E-state index in [0.717, 1.165) is 17.7 Å². The summed E-state index contributed by atoms with van der Waals surface area (Å²) in [5, 5.41) is 3.76. The molecule has 0 saturated heterocycles. The molecule has 0 saturated carbocycles. The smallest absolute Gasteiger partial charge is 0.416 e. The number of rotatable bonds is 6. The third-order valence-electron chi connectivity index (χ3n) is 3.93. The second-order valence-electron chi connectivity index (χ2n) is 6.13. The van der Waals surface area contributed by atoms with Crippen molar-refractivity contribution >= 4 is 12.1 Å². The number of ether oxygens (including phenoxy) is 1. The molecule has 0 radical (unpaired) electrons. The molecular formula is C21H17F3N2O3. The van der Waals surface area contributed by atoms with Crippen LogP contribution in [-0.2, 0) is 11.0 Å². The first-order chi connectivity index (χ1) is 13.8. The summed E-state index contributed by atoms with van der Waals surface area (Å²) in [6.07, 6.45) is -3.18. The lowest BCUT2D eigenvalue weighted by Gasteiger charge is -2.07. The van der Waals surface area contributed by atoms with E-state index in [-0.39, 0.29) is 23.7 Å². The highest BCUT2D eigenvalue weighted by atomic mass is 19.4. The van der Waals surface area contributed by atoms with Crippen molar-refractivity contribution < 1.29 is 27.1 Å². The van der Waals surface area contributed by atoms with Crippen LogP contribution in [0.5, 0.6) is 5.75 Å². The zero-order valence-electron chi connectivity index (χ0n) is 15.4. The van der Waals surface area contributed by atoms with Crippen molar-refractivity contribution in [2.75, 3.05) is 6.61 Å². The van der Waals surface area contributed by atoms with Gasteiger partial charge in [0.2, 0.25) is 0 Å². The van der Waals surface area contributed by atoms with Gasteiger partial charge in [-0.1, -0.05) is 30.3 Å². The van der Waals surface area contributed by atoms with Crippen LogP contribution in [0.2, 0.25) is 0 Å². The molecule has 29 heavy (non-hydrogen) atoms. The summed E-state index contributed by atoms with van der Waals surface area (Å²) in [5.74, 6) is 0.668. The van der Waals surface area contributed by atoms with Crippen molar-refractivity contribution in [2.24, 2.45) is 5.10 Å². The number of para-hydroxylation sites is 1. The lowest BCUT2D eigenvalue weighted by Crippen LogP contribution is -2.24. The summed E-state index contributed by atoms with van der Waals surface area (Å²) in [6.45, 7) is 1.65. The lowest BCUT2D eigenvalue weighted by molar-refractivity contribution is -0.137. The molecule has 150 valence electrons. The van der Waals surface area contributed by atoms with Crippen LogP contribution in [0.4, 0.5) is 13.2 Å². The van der Waals surface area contributed by atoms with Crippen LogP contribution in [0.1, 0.15) is 16.9 Å². The maximum atomic E-state index is 12.8. The molecule has 1 aromatic heterocycles. The predicted molar refractivity (Wildman–Crippen MR) is 102 cm³/mol. The number of aryl methyl sites for hydroxylation is 1. The van der Waals surface area contributed by atoms with Crippen molar-refractivity contribution in [1.29, 1.82) is 0 Å². The van der Waals surface area contributed by atoms with Crippen LogP contribution >= 0.6 is 0 Å². The predicted octanol–water partition coefficient (Wildman–Crippen LogP) is 4.80. The number of nitrogens with zero attached hydrogens (tertiary/aromatic N) is 1.